The third kappa shape index (κ3) is 4.11. The summed E-state index contributed by atoms with van der Waals surface area (Å²) in [6, 6.07) is 14.2. The van der Waals surface area contributed by atoms with Crippen LogP contribution in [0.25, 0.3) is 0 Å². The number of aliphatic hydroxyl groups is 1. The van der Waals surface area contributed by atoms with Gasteiger partial charge in [0.1, 0.15) is 12.0 Å². The standard InChI is InChI=1S/C15H14Cl2N2O2/c16-9-14(20)19-18-13-7-6-11(17)8-12(13)15(21)10-4-2-1-3-5-10/h1-8,15,18,21H,9H2,(H,19,20). The molecular formula is C15H14Cl2N2O2. The number of hydrazine groups is 1. The molecule has 2 aromatic rings. The molecule has 1 amide bonds. The highest BCUT2D eigenvalue weighted by Gasteiger charge is 2.15. The predicted octanol–water partition coefficient (Wildman–Crippen LogP) is 3.10. The molecule has 0 bridgehead atoms. The molecule has 0 aliphatic carbocycles. The second kappa shape index (κ2) is 7.31. The number of anilines is 1. The highest BCUT2D eigenvalue weighted by Crippen LogP contribution is 2.30. The lowest BCUT2D eigenvalue weighted by molar-refractivity contribution is -0.118. The van der Waals surface area contributed by atoms with Crippen molar-refractivity contribution in [3.05, 3.63) is 64.7 Å². The van der Waals surface area contributed by atoms with Gasteiger partial charge in [0.2, 0.25) is 0 Å². The minimum atomic E-state index is -0.861. The largest absolute Gasteiger partial charge is 0.384 e. The van der Waals surface area contributed by atoms with Gasteiger partial charge in [0.05, 0.1) is 5.69 Å². The minimum Gasteiger partial charge on any atom is -0.384 e. The van der Waals surface area contributed by atoms with Crippen molar-refractivity contribution in [2.24, 2.45) is 0 Å². The van der Waals surface area contributed by atoms with Crippen LogP contribution in [0, 0.1) is 0 Å². The Bertz CT molecular complexity index is 620. The van der Waals surface area contributed by atoms with Crippen LogP contribution in [0.1, 0.15) is 17.2 Å². The average molecular weight is 325 g/mol. The smallest absolute Gasteiger partial charge is 0.253 e. The Morgan fingerprint density at radius 1 is 1.19 bits per heavy atom. The number of carbonyl (C=O) groups excluding carboxylic acids is 1. The number of rotatable bonds is 5. The summed E-state index contributed by atoms with van der Waals surface area (Å²) < 4.78 is 0. The molecular weight excluding hydrogens is 311 g/mol. The van der Waals surface area contributed by atoms with Gasteiger partial charge < -0.3 is 5.11 Å². The lowest BCUT2D eigenvalue weighted by Crippen LogP contribution is -2.30. The Morgan fingerprint density at radius 3 is 2.57 bits per heavy atom. The maximum absolute atomic E-state index is 11.2. The maximum atomic E-state index is 11.2. The van der Waals surface area contributed by atoms with Crippen molar-refractivity contribution >= 4 is 34.8 Å². The number of carbonyl (C=O) groups is 1. The molecule has 21 heavy (non-hydrogen) atoms. The summed E-state index contributed by atoms with van der Waals surface area (Å²) in [6.45, 7) is 0. The van der Waals surface area contributed by atoms with E-state index in [0.717, 1.165) is 5.56 Å². The van der Waals surface area contributed by atoms with E-state index in [4.69, 9.17) is 23.2 Å². The molecule has 0 saturated heterocycles. The number of amides is 1. The molecule has 2 aromatic carbocycles. The van der Waals surface area contributed by atoms with Crippen LogP contribution < -0.4 is 10.9 Å². The van der Waals surface area contributed by atoms with Crippen LogP contribution in [0.5, 0.6) is 0 Å². The molecule has 0 aliphatic heterocycles. The van der Waals surface area contributed by atoms with Crippen molar-refractivity contribution in [2.45, 2.75) is 6.10 Å². The molecule has 0 fully saturated rings. The predicted molar refractivity (Wildman–Crippen MR) is 84.4 cm³/mol. The van der Waals surface area contributed by atoms with Crippen LogP contribution in [0.2, 0.25) is 5.02 Å². The fourth-order valence-electron chi connectivity index (χ4n) is 1.86. The number of alkyl halides is 1. The number of halogens is 2. The molecule has 1 unspecified atom stereocenters. The van der Waals surface area contributed by atoms with E-state index in [-0.39, 0.29) is 11.8 Å². The first-order valence-electron chi connectivity index (χ1n) is 6.25. The Kier molecular flexibility index (Phi) is 5.44. The molecule has 0 saturated carbocycles. The molecule has 0 aliphatic rings. The van der Waals surface area contributed by atoms with E-state index in [1.54, 1.807) is 18.2 Å². The number of hydrogen-bond acceptors (Lipinski definition) is 3. The molecule has 3 N–H and O–H groups in total. The quantitative estimate of drug-likeness (QED) is 0.585. The minimum absolute atomic E-state index is 0.156. The van der Waals surface area contributed by atoms with Gasteiger partial charge >= 0.3 is 0 Å². The zero-order valence-electron chi connectivity index (χ0n) is 11.0. The highest BCUT2D eigenvalue weighted by atomic mass is 35.5. The Balaban J connectivity index is 2.28. The first kappa shape index (κ1) is 15.6. The van der Waals surface area contributed by atoms with Gasteiger partial charge in [-0.05, 0) is 23.8 Å². The van der Waals surface area contributed by atoms with Gasteiger partial charge in [-0.1, -0.05) is 41.9 Å². The topological polar surface area (TPSA) is 61.4 Å². The second-order valence-corrected chi connectivity index (χ2v) is 5.06. The van der Waals surface area contributed by atoms with E-state index in [1.165, 1.54) is 0 Å². The Hall–Kier alpha value is -1.75. The summed E-state index contributed by atoms with van der Waals surface area (Å²) in [4.78, 5) is 11.2. The van der Waals surface area contributed by atoms with Gasteiger partial charge in [0, 0.05) is 10.6 Å². The Morgan fingerprint density at radius 2 is 1.90 bits per heavy atom. The van der Waals surface area contributed by atoms with Gasteiger partial charge in [-0.15, -0.1) is 11.6 Å². The molecule has 2 rings (SSSR count). The average Bonchev–Trinajstić information content (AvgIpc) is 2.53. The first-order valence-corrected chi connectivity index (χ1v) is 7.16. The van der Waals surface area contributed by atoms with Gasteiger partial charge in [-0.25, -0.2) is 0 Å². The van der Waals surface area contributed by atoms with Gasteiger partial charge in [-0.2, -0.15) is 0 Å². The van der Waals surface area contributed by atoms with Gasteiger partial charge in [0.25, 0.3) is 5.91 Å². The van der Waals surface area contributed by atoms with Gasteiger partial charge in [-0.3, -0.25) is 15.6 Å². The molecule has 0 spiro atoms. The zero-order valence-corrected chi connectivity index (χ0v) is 12.5. The number of aliphatic hydroxyl groups excluding tert-OH is 1. The van der Waals surface area contributed by atoms with Gasteiger partial charge in [0.15, 0.2) is 0 Å². The number of nitrogens with one attached hydrogen (secondary N) is 2. The van der Waals surface area contributed by atoms with Crippen molar-refractivity contribution in [1.29, 1.82) is 0 Å². The van der Waals surface area contributed by atoms with Crippen molar-refractivity contribution < 1.29 is 9.90 Å². The Labute approximate surface area is 132 Å². The molecule has 6 heteroatoms. The van der Waals surface area contributed by atoms with E-state index in [1.807, 2.05) is 30.3 Å². The molecule has 110 valence electrons. The molecule has 0 radical (unpaired) electrons. The molecule has 0 heterocycles. The van der Waals surface area contributed by atoms with Crippen LogP contribution in [0.15, 0.2) is 48.5 Å². The summed E-state index contributed by atoms with van der Waals surface area (Å²) in [6.07, 6.45) is -0.861. The lowest BCUT2D eigenvalue weighted by Gasteiger charge is -2.18. The zero-order chi connectivity index (χ0) is 15.2. The van der Waals surface area contributed by atoms with Crippen molar-refractivity contribution in [3.63, 3.8) is 0 Å². The summed E-state index contributed by atoms with van der Waals surface area (Å²) in [5.74, 6) is -0.524. The van der Waals surface area contributed by atoms with E-state index in [0.29, 0.717) is 16.3 Å². The second-order valence-electron chi connectivity index (χ2n) is 4.35. The third-order valence-electron chi connectivity index (χ3n) is 2.88. The van der Waals surface area contributed by atoms with E-state index < -0.39 is 6.10 Å². The monoisotopic (exact) mass is 324 g/mol. The third-order valence-corrected chi connectivity index (χ3v) is 3.36. The fourth-order valence-corrected chi connectivity index (χ4v) is 2.11. The first-order chi connectivity index (χ1) is 10.1. The van der Waals surface area contributed by atoms with Crippen LogP contribution in [0.4, 0.5) is 5.69 Å². The normalized spacial score (nSPS) is 11.8. The summed E-state index contributed by atoms with van der Waals surface area (Å²) in [5, 5.41) is 11.0. The fraction of sp³-hybridized carbons (Fsp3) is 0.133. The molecule has 4 nitrogen and oxygen atoms in total. The van der Waals surface area contributed by atoms with Crippen LogP contribution in [-0.4, -0.2) is 16.9 Å². The lowest BCUT2D eigenvalue weighted by atomic mass is 10.00. The summed E-state index contributed by atoms with van der Waals surface area (Å²) >= 11 is 11.4. The van der Waals surface area contributed by atoms with Crippen LogP contribution in [0.3, 0.4) is 0 Å². The summed E-state index contributed by atoms with van der Waals surface area (Å²) in [5.41, 5.74) is 7.02. The summed E-state index contributed by atoms with van der Waals surface area (Å²) in [7, 11) is 0. The van der Waals surface area contributed by atoms with E-state index in [9.17, 15) is 9.90 Å². The van der Waals surface area contributed by atoms with Crippen LogP contribution >= 0.6 is 23.2 Å². The molecule has 0 aromatic heterocycles. The van der Waals surface area contributed by atoms with Crippen molar-refractivity contribution in [1.82, 2.24) is 5.43 Å². The maximum Gasteiger partial charge on any atom is 0.253 e. The number of benzene rings is 2. The van der Waals surface area contributed by atoms with E-state index >= 15 is 0 Å². The van der Waals surface area contributed by atoms with E-state index in [2.05, 4.69) is 10.9 Å². The van der Waals surface area contributed by atoms with Crippen molar-refractivity contribution in [2.75, 3.05) is 11.3 Å². The van der Waals surface area contributed by atoms with Crippen molar-refractivity contribution in [3.8, 4) is 0 Å². The molecule has 1 atom stereocenters. The van der Waals surface area contributed by atoms with Crippen LogP contribution in [-0.2, 0) is 4.79 Å². The highest BCUT2D eigenvalue weighted by molar-refractivity contribution is 6.30. The SMILES string of the molecule is O=C(CCl)NNc1ccc(Cl)cc1C(O)c1ccccc1. The number of hydrogen-bond donors (Lipinski definition) is 3.